The summed E-state index contributed by atoms with van der Waals surface area (Å²) in [4.78, 5) is 15.1. The van der Waals surface area contributed by atoms with E-state index in [0.29, 0.717) is 5.52 Å². The van der Waals surface area contributed by atoms with Gasteiger partial charge in [0.1, 0.15) is 10.9 Å². The molecule has 0 aliphatic carbocycles. The van der Waals surface area contributed by atoms with Crippen LogP contribution in [-0.2, 0) is 14.8 Å². The van der Waals surface area contributed by atoms with Crippen LogP contribution in [0, 0.1) is 5.92 Å². The summed E-state index contributed by atoms with van der Waals surface area (Å²) in [6.07, 6.45) is 1.23. The molecule has 0 amide bonds. The Morgan fingerprint density at radius 3 is 2.75 bits per heavy atom. The number of carboxylic acids is 1. The van der Waals surface area contributed by atoms with Crippen LogP contribution in [0.5, 0.6) is 0 Å². The normalized spacial score (nSPS) is 13.8. The van der Waals surface area contributed by atoms with Gasteiger partial charge < -0.3 is 5.11 Å². The summed E-state index contributed by atoms with van der Waals surface area (Å²) in [7, 11) is -3.91. The van der Waals surface area contributed by atoms with Crippen LogP contribution in [-0.4, -0.2) is 30.5 Å². The van der Waals surface area contributed by atoms with Gasteiger partial charge in [0.15, 0.2) is 0 Å². The molecular formula is C12H14N2O4S2. The number of hydrogen-bond donors (Lipinski definition) is 2. The SMILES string of the molecule is CC(C)[C@@H](NS(=O)(=O)c1cnc2ccsc2c1)C(=O)O. The second-order valence-electron chi connectivity index (χ2n) is 4.66. The van der Waals surface area contributed by atoms with E-state index in [-0.39, 0.29) is 10.8 Å². The van der Waals surface area contributed by atoms with Crippen molar-refractivity contribution in [3.63, 3.8) is 0 Å². The van der Waals surface area contributed by atoms with Crippen molar-refractivity contribution in [1.82, 2.24) is 9.71 Å². The number of hydrogen-bond acceptors (Lipinski definition) is 5. The van der Waals surface area contributed by atoms with Gasteiger partial charge in [-0.05, 0) is 23.4 Å². The molecular weight excluding hydrogens is 300 g/mol. The number of nitrogens with zero attached hydrogens (tertiary/aromatic N) is 1. The average molecular weight is 314 g/mol. The van der Waals surface area contributed by atoms with Crippen LogP contribution in [0.2, 0.25) is 0 Å². The number of nitrogens with one attached hydrogen (secondary N) is 1. The molecule has 0 aliphatic rings. The lowest BCUT2D eigenvalue weighted by atomic mass is 10.1. The second kappa shape index (κ2) is 5.47. The van der Waals surface area contributed by atoms with Crippen molar-refractivity contribution in [2.45, 2.75) is 24.8 Å². The van der Waals surface area contributed by atoms with Crippen molar-refractivity contribution in [2.24, 2.45) is 5.92 Å². The first-order valence-electron chi connectivity index (χ1n) is 5.89. The van der Waals surface area contributed by atoms with Crippen LogP contribution in [0.15, 0.2) is 28.6 Å². The molecule has 0 radical (unpaired) electrons. The van der Waals surface area contributed by atoms with Crippen molar-refractivity contribution in [1.29, 1.82) is 0 Å². The molecule has 0 aromatic carbocycles. The first-order valence-corrected chi connectivity index (χ1v) is 8.26. The molecule has 0 saturated carbocycles. The fourth-order valence-corrected chi connectivity index (χ4v) is 3.84. The summed E-state index contributed by atoms with van der Waals surface area (Å²) in [6, 6.07) is 2.12. The third-order valence-electron chi connectivity index (χ3n) is 2.80. The van der Waals surface area contributed by atoms with Gasteiger partial charge in [-0.15, -0.1) is 11.3 Å². The molecule has 2 aromatic heterocycles. The number of sulfonamides is 1. The van der Waals surface area contributed by atoms with Crippen molar-refractivity contribution < 1.29 is 18.3 Å². The number of aromatic nitrogens is 1. The first kappa shape index (κ1) is 14.9. The summed E-state index contributed by atoms with van der Waals surface area (Å²) in [5.41, 5.74) is 0.715. The van der Waals surface area contributed by atoms with E-state index in [9.17, 15) is 13.2 Å². The van der Waals surface area contributed by atoms with Gasteiger partial charge in [0.2, 0.25) is 10.0 Å². The smallest absolute Gasteiger partial charge is 0.322 e. The van der Waals surface area contributed by atoms with Gasteiger partial charge in [-0.2, -0.15) is 4.72 Å². The van der Waals surface area contributed by atoms with Crippen molar-refractivity contribution in [3.05, 3.63) is 23.7 Å². The Hall–Kier alpha value is -1.51. The van der Waals surface area contributed by atoms with Gasteiger partial charge in [-0.25, -0.2) is 8.42 Å². The molecule has 2 heterocycles. The number of carboxylic acid groups (broad SMARTS) is 1. The summed E-state index contributed by atoms with van der Waals surface area (Å²) in [5.74, 6) is -1.56. The van der Waals surface area contributed by atoms with Gasteiger partial charge in [0, 0.05) is 6.20 Å². The van der Waals surface area contributed by atoms with E-state index in [4.69, 9.17) is 5.11 Å². The number of carbonyl (C=O) groups is 1. The lowest BCUT2D eigenvalue weighted by Gasteiger charge is -2.17. The minimum atomic E-state index is -3.91. The maximum absolute atomic E-state index is 12.2. The third-order valence-corrected chi connectivity index (χ3v) is 5.06. The zero-order chi connectivity index (χ0) is 14.9. The summed E-state index contributed by atoms with van der Waals surface area (Å²) >= 11 is 1.38. The zero-order valence-electron chi connectivity index (χ0n) is 10.9. The minimum Gasteiger partial charge on any atom is -0.480 e. The van der Waals surface area contributed by atoms with Crippen LogP contribution < -0.4 is 4.72 Å². The molecule has 6 nitrogen and oxygen atoms in total. The van der Waals surface area contributed by atoms with Gasteiger partial charge in [0.05, 0.1) is 10.2 Å². The molecule has 2 N–H and O–H groups in total. The van der Waals surface area contributed by atoms with E-state index in [1.807, 2.05) is 5.38 Å². The topological polar surface area (TPSA) is 96.4 Å². The summed E-state index contributed by atoms with van der Waals surface area (Å²) in [5, 5.41) is 10.9. The van der Waals surface area contributed by atoms with Crippen LogP contribution in [0.25, 0.3) is 10.2 Å². The van der Waals surface area contributed by atoms with Gasteiger partial charge in [0.25, 0.3) is 0 Å². The molecule has 0 unspecified atom stereocenters. The Kier molecular flexibility index (Phi) is 4.07. The van der Waals surface area contributed by atoms with Gasteiger partial charge >= 0.3 is 5.97 Å². The molecule has 2 aromatic rings. The highest BCUT2D eigenvalue weighted by atomic mass is 32.2. The van der Waals surface area contributed by atoms with Crippen LogP contribution in [0.4, 0.5) is 0 Å². The molecule has 0 spiro atoms. The third kappa shape index (κ3) is 2.97. The van der Waals surface area contributed by atoms with Crippen molar-refractivity contribution >= 4 is 37.5 Å². The number of aliphatic carboxylic acids is 1. The Labute approximate surface area is 120 Å². The Balaban J connectivity index is 2.36. The first-order chi connectivity index (χ1) is 9.31. The van der Waals surface area contributed by atoms with Gasteiger partial charge in [-0.3, -0.25) is 9.78 Å². The maximum Gasteiger partial charge on any atom is 0.322 e. The standard InChI is InChI=1S/C12H14N2O4S2/c1-7(2)11(12(15)16)14-20(17,18)8-5-10-9(13-6-8)3-4-19-10/h3-7,11,14H,1-2H3,(H,15,16)/t11-/m1/s1. The van der Waals surface area contributed by atoms with E-state index in [2.05, 4.69) is 9.71 Å². The monoisotopic (exact) mass is 314 g/mol. The molecule has 0 saturated heterocycles. The van der Waals surface area contributed by atoms with E-state index >= 15 is 0 Å². The Bertz CT molecular complexity index is 737. The Morgan fingerprint density at radius 1 is 1.45 bits per heavy atom. The second-order valence-corrected chi connectivity index (χ2v) is 7.32. The number of fused-ring (bicyclic) bond motifs is 1. The molecule has 0 fully saturated rings. The fraction of sp³-hybridized carbons (Fsp3) is 0.333. The van der Waals surface area contributed by atoms with E-state index in [0.717, 1.165) is 4.70 Å². The highest BCUT2D eigenvalue weighted by molar-refractivity contribution is 7.89. The lowest BCUT2D eigenvalue weighted by molar-refractivity contribution is -0.140. The molecule has 1 atom stereocenters. The zero-order valence-corrected chi connectivity index (χ0v) is 12.5. The van der Waals surface area contributed by atoms with Crippen LogP contribution >= 0.6 is 11.3 Å². The van der Waals surface area contributed by atoms with Crippen molar-refractivity contribution in [2.75, 3.05) is 0 Å². The molecule has 108 valence electrons. The van der Waals surface area contributed by atoms with Crippen molar-refractivity contribution in [3.8, 4) is 0 Å². The maximum atomic E-state index is 12.2. The van der Waals surface area contributed by atoms with E-state index in [1.165, 1.54) is 23.6 Å². The molecule has 20 heavy (non-hydrogen) atoms. The number of thiophene rings is 1. The fourth-order valence-electron chi connectivity index (χ4n) is 1.68. The average Bonchev–Trinajstić information content (AvgIpc) is 2.82. The highest BCUT2D eigenvalue weighted by Gasteiger charge is 2.28. The molecule has 2 rings (SSSR count). The summed E-state index contributed by atoms with van der Waals surface area (Å²) in [6.45, 7) is 3.28. The quantitative estimate of drug-likeness (QED) is 0.875. The lowest BCUT2D eigenvalue weighted by Crippen LogP contribution is -2.44. The predicted molar refractivity (Wildman–Crippen MR) is 76.2 cm³/mol. The minimum absolute atomic E-state index is 0.0284. The van der Waals surface area contributed by atoms with E-state index < -0.39 is 22.0 Å². The molecule has 8 heteroatoms. The van der Waals surface area contributed by atoms with Crippen LogP contribution in [0.3, 0.4) is 0 Å². The molecule has 0 bridgehead atoms. The van der Waals surface area contributed by atoms with E-state index in [1.54, 1.807) is 19.9 Å². The largest absolute Gasteiger partial charge is 0.480 e. The predicted octanol–water partition coefficient (Wildman–Crippen LogP) is 1.68. The van der Waals surface area contributed by atoms with Crippen LogP contribution in [0.1, 0.15) is 13.8 Å². The summed E-state index contributed by atoms with van der Waals surface area (Å²) < 4.78 is 27.4. The highest BCUT2D eigenvalue weighted by Crippen LogP contribution is 2.22. The van der Waals surface area contributed by atoms with Gasteiger partial charge in [-0.1, -0.05) is 13.8 Å². The number of pyridine rings is 1. The number of rotatable bonds is 5. The molecule has 0 aliphatic heterocycles. The Morgan fingerprint density at radius 2 is 2.15 bits per heavy atom.